The lowest BCUT2D eigenvalue weighted by atomic mass is 10.1. The summed E-state index contributed by atoms with van der Waals surface area (Å²) in [6.07, 6.45) is 0.525. The zero-order valence-electron chi connectivity index (χ0n) is 13.5. The fourth-order valence-corrected chi connectivity index (χ4v) is 2.60. The summed E-state index contributed by atoms with van der Waals surface area (Å²) in [6.45, 7) is 9.17. The van der Waals surface area contributed by atoms with Crippen molar-refractivity contribution in [1.29, 1.82) is 0 Å². The Morgan fingerprint density at radius 3 is 2.48 bits per heavy atom. The molecule has 1 aromatic carbocycles. The van der Waals surface area contributed by atoms with Crippen LogP contribution in [0.2, 0.25) is 0 Å². The molecule has 0 atom stereocenters. The molecule has 1 rings (SSSR count). The summed E-state index contributed by atoms with van der Waals surface area (Å²) in [6, 6.07) is 7.86. The van der Waals surface area contributed by atoms with Gasteiger partial charge in [-0.2, -0.15) is 0 Å². The Hall–Kier alpha value is -1.07. The van der Waals surface area contributed by atoms with Crippen LogP contribution in [0.1, 0.15) is 39.7 Å². The molecule has 0 aromatic heterocycles. The van der Waals surface area contributed by atoms with E-state index in [0.29, 0.717) is 13.0 Å². The van der Waals surface area contributed by atoms with Crippen molar-refractivity contribution in [2.45, 2.75) is 46.2 Å². The van der Waals surface area contributed by atoms with E-state index in [9.17, 15) is 8.42 Å². The van der Waals surface area contributed by atoms with Crippen molar-refractivity contribution in [1.82, 2.24) is 5.32 Å². The van der Waals surface area contributed by atoms with Crippen molar-refractivity contribution >= 4 is 9.84 Å². The van der Waals surface area contributed by atoms with E-state index in [4.69, 9.17) is 4.74 Å². The van der Waals surface area contributed by atoms with Crippen LogP contribution in [-0.4, -0.2) is 32.1 Å². The maximum absolute atomic E-state index is 11.4. The molecular formula is C16H27NO3S. The van der Waals surface area contributed by atoms with Crippen LogP contribution in [0, 0.1) is 0 Å². The van der Waals surface area contributed by atoms with Gasteiger partial charge in [-0.1, -0.05) is 25.1 Å². The van der Waals surface area contributed by atoms with Gasteiger partial charge in [-0.05, 0) is 33.3 Å². The van der Waals surface area contributed by atoms with Crippen LogP contribution in [0.3, 0.4) is 0 Å². The molecule has 0 heterocycles. The summed E-state index contributed by atoms with van der Waals surface area (Å²) < 4.78 is 28.6. The number of hydrogen-bond donors (Lipinski definition) is 1. The Morgan fingerprint density at radius 1 is 1.19 bits per heavy atom. The number of rotatable bonds is 8. The Kier molecular flexibility index (Phi) is 6.68. The second kappa shape index (κ2) is 7.80. The summed E-state index contributed by atoms with van der Waals surface area (Å²) in [7, 11) is -2.91. The van der Waals surface area contributed by atoms with E-state index in [-0.39, 0.29) is 17.0 Å². The average Bonchev–Trinajstić information content (AvgIpc) is 2.41. The van der Waals surface area contributed by atoms with Gasteiger partial charge in [0.2, 0.25) is 0 Å². The highest BCUT2D eigenvalue weighted by molar-refractivity contribution is 7.91. The smallest absolute Gasteiger partial charge is 0.150 e. The van der Waals surface area contributed by atoms with E-state index in [0.717, 1.165) is 17.9 Å². The molecule has 0 saturated carbocycles. The molecule has 120 valence electrons. The summed E-state index contributed by atoms with van der Waals surface area (Å²) in [5.74, 6) is 1.20. The molecule has 0 aliphatic carbocycles. The fourth-order valence-electron chi connectivity index (χ4n) is 1.76. The Balaban J connectivity index is 2.52. The summed E-state index contributed by atoms with van der Waals surface area (Å²) in [4.78, 5) is 0. The molecule has 0 aliphatic heterocycles. The SMILES string of the molecule is CCS(=O)(=O)CCCOc1ccccc1CNC(C)(C)C. The van der Waals surface area contributed by atoms with Crippen LogP contribution in [0.25, 0.3) is 0 Å². The van der Waals surface area contributed by atoms with Crippen molar-refractivity contribution in [2.24, 2.45) is 0 Å². The number of sulfone groups is 1. The van der Waals surface area contributed by atoms with E-state index in [1.165, 1.54) is 0 Å². The summed E-state index contributed by atoms with van der Waals surface area (Å²) in [5.41, 5.74) is 1.13. The molecular weight excluding hydrogens is 286 g/mol. The van der Waals surface area contributed by atoms with Gasteiger partial charge in [-0.25, -0.2) is 8.42 Å². The predicted octanol–water partition coefficient (Wildman–Crippen LogP) is 2.78. The van der Waals surface area contributed by atoms with Crippen LogP contribution in [0.15, 0.2) is 24.3 Å². The molecule has 0 radical (unpaired) electrons. The third-order valence-corrected chi connectivity index (χ3v) is 4.87. The largest absolute Gasteiger partial charge is 0.493 e. The first-order chi connectivity index (χ1) is 9.73. The molecule has 1 N–H and O–H groups in total. The lowest BCUT2D eigenvalue weighted by Crippen LogP contribution is -2.35. The number of hydrogen-bond acceptors (Lipinski definition) is 4. The highest BCUT2D eigenvalue weighted by atomic mass is 32.2. The van der Waals surface area contributed by atoms with Crippen LogP contribution < -0.4 is 10.1 Å². The molecule has 0 amide bonds. The lowest BCUT2D eigenvalue weighted by molar-refractivity contribution is 0.311. The first-order valence-corrected chi connectivity index (χ1v) is 9.22. The first-order valence-electron chi connectivity index (χ1n) is 7.40. The molecule has 0 unspecified atom stereocenters. The van der Waals surface area contributed by atoms with E-state index in [2.05, 4.69) is 26.1 Å². The minimum Gasteiger partial charge on any atom is -0.493 e. The zero-order chi connectivity index (χ0) is 15.9. The Labute approximate surface area is 128 Å². The average molecular weight is 313 g/mol. The Morgan fingerprint density at radius 2 is 1.86 bits per heavy atom. The number of nitrogens with one attached hydrogen (secondary N) is 1. The summed E-state index contributed by atoms with van der Waals surface area (Å²) >= 11 is 0. The van der Waals surface area contributed by atoms with Crippen molar-refractivity contribution in [3.05, 3.63) is 29.8 Å². The van der Waals surface area contributed by atoms with E-state index in [1.807, 2.05) is 24.3 Å². The maximum atomic E-state index is 11.4. The van der Waals surface area contributed by atoms with Gasteiger partial charge < -0.3 is 10.1 Å². The number of benzene rings is 1. The van der Waals surface area contributed by atoms with Gasteiger partial charge in [-0.3, -0.25) is 0 Å². The molecule has 0 fully saturated rings. The topological polar surface area (TPSA) is 55.4 Å². The van der Waals surface area contributed by atoms with Crippen molar-refractivity contribution < 1.29 is 13.2 Å². The number of ether oxygens (including phenoxy) is 1. The van der Waals surface area contributed by atoms with Crippen molar-refractivity contribution in [2.75, 3.05) is 18.1 Å². The highest BCUT2D eigenvalue weighted by Gasteiger charge is 2.11. The highest BCUT2D eigenvalue weighted by Crippen LogP contribution is 2.19. The van der Waals surface area contributed by atoms with Gasteiger partial charge in [0, 0.05) is 23.4 Å². The van der Waals surface area contributed by atoms with Gasteiger partial charge in [0.25, 0.3) is 0 Å². The quantitative estimate of drug-likeness (QED) is 0.750. The third-order valence-electron chi connectivity index (χ3n) is 3.08. The molecule has 0 saturated heterocycles. The normalized spacial score (nSPS) is 12.4. The maximum Gasteiger partial charge on any atom is 0.150 e. The fraction of sp³-hybridized carbons (Fsp3) is 0.625. The second-order valence-electron chi connectivity index (χ2n) is 6.15. The third kappa shape index (κ3) is 7.48. The molecule has 21 heavy (non-hydrogen) atoms. The van der Waals surface area contributed by atoms with Gasteiger partial charge in [-0.15, -0.1) is 0 Å². The predicted molar refractivity (Wildman–Crippen MR) is 87.5 cm³/mol. The monoisotopic (exact) mass is 313 g/mol. The Bertz CT molecular complexity index is 533. The lowest BCUT2D eigenvalue weighted by Gasteiger charge is -2.21. The zero-order valence-corrected chi connectivity index (χ0v) is 14.3. The molecule has 0 bridgehead atoms. The first kappa shape index (κ1) is 18.0. The molecule has 0 aliphatic rings. The standard InChI is InChI=1S/C16H27NO3S/c1-5-21(18,19)12-8-11-20-15-10-7-6-9-14(15)13-17-16(2,3)4/h6-7,9-10,17H,5,8,11-13H2,1-4H3. The molecule has 5 heteroatoms. The van der Waals surface area contributed by atoms with Gasteiger partial charge in [0.05, 0.1) is 12.4 Å². The summed E-state index contributed by atoms with van der Waals surface area (Å²) in [5, 5.41) is 3.43. The number of para-hydroxylation sites is 1. The molecule has 1 aromatic rings. The van der Waals surface area contributed by atoms with Crippen molar-refractivity contribution in [3.63, 3.8) is 0 Å². The van der Waals surface area contributed by atoms with Crippen LogP contribution in [0.5, 0.6) is 5.75 Å². The molecule has 4 nitrogen and oxygen atoms in total. The minimum absolute atomic E-state index is 0.0440. The van der Waals surface area contributed by atoms with Crippen LogP contribution in [-0.2, 0) is 16.4 Å². The van der Waals surface area contributed by atoms with E-state index in [1.54, 1.807) is 6.92 Å². The van der Waals surface area contributed by atoms with Crippen LogP contribution >= 0.6 is 0 Å². The van der Waals surface area contributed by atoms with E-state index < -0.39 is 9.84 Å². The van der Waals surface area contributed by atoms with Crippen molar-refractivity contribution in [3.8, 4) is 5.75 Å². The second-order valence-corrected chi connectivity index (χ2v) is 8.62. The molecule has 0 spiro atoms. The minimum atomic E-state index is -2.91. The van der Waals surface area contributed by atoms with Crippen LogP contribution in [0.4, 0.5) is 0 Å². The van der Waals surface area contributed by atoms with Gasteiger partial charge in [0.1, 0.15) is 15.6 Å². The van der Waals surface area contributed by atoms with Gasteiger partial charge >= 0.3 is 0 Å². The van der Waals surface area contributed by atoms with Gasteiger partial charge in [0.15, 0.2) is 0 Å². The van der Waals surface area contributed by atoms with E-state index >= 15 is 0 Å².